The van der Waals surface area contributed by atoms with Crippen LogP contribution in [-0.2, 0) is 11.2 Å². The Labute approximate surface area is 212 Å². The zero-order chi connectivity index (χ0) is 24.0. The summed E-state index contributed by atoms with van der Waals surface area (Å²) in [6.45, 7) is 4.03. The minimum Gasteiger partial charge on any atom is -0.342 e. The first-order valence-corrected chi connectivity index (χ1v) is 14.0. The van der Waals surface area contributed by atoms with Crippen molar-refractivity contribution >= 4 is 17.7 Å². The van der Waals surface area contributed by atoms with Gasteiger partial charge in [-0.2, -0.15) is 0 Å². The smallest absolute Gasteiger partial charge is 0.233 e. The Balaban J connectivity index is 1.23. The Morgan fingerprint density at radius 3 is 2.54 bits per heavy atom. The molecule has 2 fully saturated rings. The number of hydrogen-bond donors (Lipinski definition) is 0. The van der Waals surface area contributed by atoms with Crippen LogP contribution in [-0.4, -0.2) is 49.4 Å². The molecule has 0 spiro atoms. The Hall–Kier alpha value is -2.67. The van der Waals surface area contributed by atoms with Gasteiger partial charge in [0.05, 0.1) is 5.75 Å². The summed E-state index contributed by atoms with van der Waals surface area (Å²) in [5.74, 6) is 2.71. The molecule has 2 aromatic heterocycles. The van der Waals surface area contributed by atoms with Crippen molar-refractivity contribution in [2.45, 2.75) is 63.1 Å². The van der Waals surface area contributed by atoms with Gasteiger partial charge in [0.2, 0.25) is 5.91 Å². The predicted molar refractivity (Wildman–Crippen MR) is 140 cm³/mol. The molecule has 5 rings (SSSR count). The van der Waals surface area contributed by atoms with Crippen molar-refractivity contribution < 1.29 is 4.79 Å². The maximum atomic E-state index is 13.1. The summed E-state index contributed by atoms with van der Waals surface area (Å²) in [5, 5.41) is 9.98. The van der Waals surface area contributed by atoms with Crippen LogP contribution in [0, 0.1) is 11.8 Å². The molecule has 1 amide bonds. The van der Waals surface area contributed by atoms with Crippen LogP contribution in [0.4, 0.5) is 0 Å². The van der Waals surface area contributed by atoms with E-state index in [1.165, 1.54) is 24.8 Å². The van der Waals surface area contributed by atoms with Gasteiger partial charge in [0.25, 0.3) is 0 Å². The van der Waals surface area contributed by atoms with Crippen LogP contribution < -0.4 is 0 Å². The van der Waals surface area contributed by atoms with Gasteiger partial charge in [-0.1, -0.05) is 61.9 Å². The van der Waals surface area contributed by atoms with Crippen molar-refractivity contribution in [3.05, 3.63) is 60.4 Å². The largest absolute Gasteiger partial charge is 0.342 e. The van der Waals surface area contributed by atoms with E-state index in [0.29, 0.717) is 23.6 Å². The van der Waals surface area contributed by atoms with E-state index in [-0.39, 0.29) is 5.91 Å². The van der Waals surface area contributed by atoms with E-state index in [9.17, 15) is 4.79 Å². The number of thioether (sulfide) groups is 1. The summed E-state index contributed by atoms with van der Waals surface area (Å²) in [7, 11) is 0. The van der Waals surface area contributed by atoms with E-state index in [1.54, 1.807) is 18.0 Å². The quantitative estimate of drug-likeness (QED) is 0.401. The number of likely N-dealkylation sites (tertiary alicyclic amines) is 1. The lowest BCUT2D eigenvalue weighted by atomic mass is 9.85. The molecule has 3 aromatic rings. The number of carbonyl (C=O) groups excluding carboxylic acids is 1. The monoisotopic (exact) mass is 489 g/mol. The van der Waals surface area contributed by atoms with Crippen LogP contribution in [0.1, 0.15) is 57.1 Å². The molecule has 0 bridgehead atoms. The third kappa shape index (κ3) is 5.77. The number of rotatable bonds is 7. The summed E-state index contributed by atoms with van der Waals surface area (Å²) in [5.41, 5.74) is 2.38. The van der Waals surface area contributed by atoms with Crippen molar-refractivity contribution in [1.29, 1.82) is 0 Å². The first-order valence-electron chi connectivity index (χ1n) is 13.0. The van der Waals surface area contributed by atoms with Crippen LogP contribution in [0.2, 0.25) is 0 Å². The van der Waals surface area contributed by atoms with Gasteiger partial charge in [0, 0.05) is 37.1 Å². The Morgan fingerprint density at radius 2 is 1.80 bits per heavy atom. The van der Waals surface area contributed by atoms with Gasteiger partial charge < -0.3 is 4.90 Å². The fraction of sp³-hybridized carbons (Fsp3) is 0.500. The lowest BCUT2D eigenvalue weighted by Gasteiger charge is -2.33. The molecule has 2 atom stereocenters. The normalized spacial score (nSPS) is 21.2. The second-order valence-corrected chi connectivity index (χ2v) is 11.0. The standard InChI is InChI=1S/C28H35N5OS/c1-21-8-5-6-12-25(21)33-27(24-11-7-15-29-19-24)30-31-28(33)35-20-26(34)32-16-13-23(14-17-32)18-22-9-3-2-4-10-22/h2-4,7,9-11,15,19,21,23,25H,5-6,8,12-14,16-18,20H2,1H3/t21-,25-/m1/s1. The molecule has 3 heterocycles. The summed E-state index contributed by atoms with van der Waals surface area (Å²) < 4.78 is 2.30. The minimum absolute atomic E-state index is 0.210. The van der Waals surface area contributed by atoms with Crippen LogP contribution in [0.15, 0.2) is 60.0 Å². The number of nitrogens with zero attached hydrogens (tertiary/aromatic N) is 5. The SMILES string of the molecule is C[C@@H]1CCCC[C@H]1n1c(SCC(=O)N2CCC(Cc3ccccc3)CC2)nnc1-c1cccnc1. The van der Waals surface area contributed by atoms with E-state index in [0.717, 1.165) is 55.3 Å². The van der Waals surface area contributed by atoms with E-state index in [4.69, 9.17) is 0 Å². The highest BCUT2D eigenvalue weighted by Crippen LogP contribution is 2.39. The van der Waals surface area contributed by atoms with Crippen molar-refractivity contribution in [3.8, 4) is 11.4 Å². The molecule has 1 saturated heterocycles. The third-order valence-corrected chi connectivity index (χ3v) is 8.57. The van der Waals surface area contributed by atoms with Crippen molar-refractivity contribution in [3.63, 3.8) is 0 Å². The molecule has 184 valence electrons. The molecule has 1 saturated carbocycles. The number of aromatic nitrogens is 4. The molecule has 1 aliphatic carbocycles. The van der Waals surface area contributed by atoms with Gasteiger partial charge in [-0.3, -0.25) is 14.3 Å². The molecule has 1 aliphatic heterocycles. The second-order valence-electron chi connectivity index (χ2n) is 10.0. The summed E-state index contributed by atoms with van der Waals surface area (Å²) in [6, 6.07) is 15.0. The van der Waals surface area contributed by atoms with E-state index in [1.807, 2.05) is 23.2 Å². The Bertz CT molecular complexity index is 1100. The lowest BCUT2D eigenvalue weighted by molar-refractivity contribution is -0.129. The Kier molecular flexibility index (Phi) is 7.82. The van der Waals surface area contributed by atoms with E-state index < -0.39 is 0 Å². The van der Waals surface area contributed by atoms with Gasteiger partial charge in [-0.15, -0.1) is 10.2 Å². The minimum atomic E-state index is 0.210. The molecular weight excluding hydrogens is 454 g/mol. The number of amides is 1. The van der Waals surface area contributed by atoms with E-state index in [2.05, 4.69) is 57.0 Å². The van der Waals surface area contributed by atoms with Crippen LogP contribution in [0.3, 0.4) is 0 Å². The van der Waals surface area contributed by atoms with Crippen molar-refractivity contribution in [2.75, 3.05) is 18.8 Å². The fourth-order valence-corrected chi connectivity index (χ4v) is 6.49. The predicted octanol–water partition coefficient (Wildman–Crippen LogP) is 5.66. The molecule has 0 N–H and O–H groups in total. The zero-order valence-corrected chi connectivity index (χ0v) is 21.4. The number of benzene rings is 1. The molecular formula is C28H35N5OS. The fourth-order valence-electron chi connectivity index (χ4n) is 5.60. The van der Waals surface area contributed by atoms with Gasteiger partial charge in [0.15, 0.2) is 11.0 Å². The zero-order valence-electron chi connectivity index (χ0n) is 20.6. The maximum Gasteiger partial charge on any atom is 0.233 e. The first kappa shape index (κ1) is 24.0. The third-order valence-electron chi connectivity index (χ3n) is 7.64. The summed E-state index contributed by atoms with van der Waals surface area (Å²) in [4.78, 5) is 19.4. The van der Waals surface area contributed by atoms with Crippen LogP contribution >= 0.6 is 11.8 Å². The topological polar surface area (TPSA) is 63.9 Å². The van der Waals surface area contributed by atoms with Gasteiger partial charge in [0.1, 0.15) is 0 Å². The molecule has 0 radical (unpaired) electrons. The highest BCUT2D eigenvalue weighted by molar-refractivity contribution is 7.99. The van der Waals surface area contributed by atoms with Crippen LogP contribution in [0.25, 0.3) is 11.4 Å². The van der Waals surface area contributed by atoms with E-state index >= 15 is 0 Å². The van der Waals surface area contributed by atoms with Gasteiger partial charge in [-0.25, -0.2) is 0 Å². The van der Waals surface area contributed by atoms with Crippen molar-refractivity contribution in [1.82, 2.24) is 24.6 Å². The average Bonchev–Trinajstić information content (AvgIpc) is 3.33. The number of carbonyl (C=O) groups is 1. The second kappa shape index (κ2) is 11.4. The molecule has 35 heavy (non-hydrogen) atoms. The lowest BCUT2D eigenvalue weighted by Crippen LogP contribution is -2.39. The van der Waals surface area contributed by atoms with Gasteiger partial charge >= 0.3 is 0 Å². The highest BCUT2D eigenvalue weighted by Gasteiger charge is 2.30. The highest BCUT2D eigenvalue weighted by atomic mass is 32.2. The number of piperidine rings is 1. The molecule has 1 aromatic carbocycles. The average molecular weight is 490 g/mol. The Morgan fingerprint density at radius 1 is 1.00 bits per heavy atom. The summed E-state index contributed by atoms with van der Waals surface area (Å²) in [6.07, 6.45) is 11.7. The van der Waals surface area contributed by atoms with Gasteiger partial charge in [-0.05, 0) is 61.6 Å². The van der Waals surface area contributed by atoms with Crippen LogP contribution in [0.5, 0.6) is 0 Å². The molecule has 6 nitrogen and oxygen atoms in total. The maximum absolute atomic E-state index is 13.1. The first-order chi connectivity index (χ1) is 17.2. The summed E-state index contributed by atoms with van der Waals surface area (Å²) >= 11 is 1.54. The van der Waals surface area contributed by atoms with Crippen molar-refractivity contribution in [2.24, 2.45) is 11.8 Å². The molecule has 0 unspecified atom stereocenters. The molecule has 7 heteroatoms. The number of hydrogen-bond acceptors (Lipinski definition) is 5. The number of pyridine rings is 1. The molecule has 2 aliphatic rings.